The first-order valence-electron chi connectivity index (χ1n) is 8.51. The number of amides is 2. The minimum atomic E-state index is -1.35. The van der Waals surface area contributed by atoms with Crippen LogP contribution in [0.15, 0.2) is 53.4 Å². The number of ether oxygens (including phenoxy) is 1. The molecule has 1 aliphatic heterocycles. The summed E-state index contributed by atoms with van der Waals surface area (Å²) in [7, 11) is 1.28. The fraction of sp³-hybridized carbons (Fsp3) is 0.250. The number of nitrogens with zero attached hydrogens (tertiary/aromatic N) is 1. The van der Waals surface area contributed by atoms with Gasteiger partial charge in [-0.25, -0.2) is 4.79 Å². The topological polar surface area (TPSA) is 75.7 Å². The van der Waals surface area contributed by atoms with Gasteiger partial charge in [0.2, 0.25) is 5.91 Å². The standard InChI is InChI=1S/C20H20N2O4S/c1-4-22-15-11-7-8-12-16(15)27-20(2,19(22)25)18(24)21-14-10-6-5-9-13(14)17(23)26-3/h5-12H,4H2,1-3H3,(H,21,24). The summed E-state index contributed by atoms with van der Waals surface area (Å²) < 4.78 is 3.41. The Kier molecular flexibility index (Phi) is 5.23. The Morgan fingerprint density at radius 1 is 1.15 bits per heavy atom. The van der Waals surface area contributed by atoms with Crippen molar-refractivity contribution in [1.29, 1.82) is 0 Å². The van der Waals surface area contributed by atoms with Crippen LogP contribution in [0.3, 0.4) is 0 Å². The molecule has 6 nitrogen and oxygen atoms in total. The van der Waals surface area contributed by atoms with E-state index in [1.165, 1.54) is 18.9 Å². The molecule has 1 aliphatic rings. The van der Waals surface area contributed by atoms with Crippen LogP contribution in [0, 0.1) is 0 Å². The third kappa shape index (κ3) is 3.30. The number of fused-ring (bicyclic) bond motifs is 1. The number of methoxy groups -OCH3 is 1. The molecule has 0 spiro atoms. The third-order valence-electron chi connectivity index (χ3n) is 4.45. The van der Waals surface area contributed by atoms with E-state index in [2.05, 4.69) is 5.32 Å². The van der Waals surface area contributed by atoms with Crippen molar-refractivity contribution in [3.05, 3.63) is 54.1 Å². The lowest BCUT2D eigenvalue weighted by Crippen LogP contribution is -2.54. The van der Waals surface area contributed by atoms with Crippen molar-refractivity contribution >= 4 is 40.9 Å². The van der Waals surface area contributed by atoms with Crippen molar-refractivity contribution < 1.29 is 19.1 Å². The molecule has 0 saturated heterocycles. The maximum Gasteiger partial charge on any atom is 0.339 e. The van der Waals surface area contributed by atoms with Gasteiger partial charge in [-0.05, 0) is 38.1 Å². The van der Waals surface area contributed by atoms with Gasteiger partial charge in [0, 0.05) is 11.4 Å². The van der Waals surface area contributed by atoms with Gasteiger partial charge >= 0.3 is 5.97 Å². The molecule has 0 aromatic heterocycles. The Bertz CT molecular complexity index is 914. The molecule has 2 aromatic carbocycles. The van der Waals surface area contributed by atoms with Gasteiger partial charge in [-0.3, -0.25) is 9.59 Å². The Balaban J connectivity index is 1.96. The zero-order chi connectivity index (χ0) is 19.6. The molecule has 0 aliphatic carbocycles. The van der Waals surface area contributed by atoms with Crippen molar-refractivity contribution in [2.24, 2.45) is 0 Å². The second-order valence-electron chi connectivity index (χ2n) is 6.14. The summed E-state index contributed by atoms with van der Waals surface area (Å²) in [5.74, 6) is -1.33. The molecule has 0 bridgehead atoms. The van der Waals surface area contributed by atoms with Crippen molar-refractivity contribution in [3.63, 3.8) is 0 Å². The van der Waals surface area contributed by atoms with Gasteiger partial charge in [-0.2, -0.15) is 0 Å². The molecule has 2 amide bonds. The van der Waals surface area contributed by atoms with Crippen molar-refractivity contribution in [2.45, 2.75) is 23.5 Å². The maximum atomic E-state index is 13.1. The van der Waals surface area contributed by atoms with E-state index in [1.54, 1.807) is 36.1 Å². The summed E-state index contributed by atoms with van der Waals surface area (Å²) in [5, 5.41) is 2.73. The Morgan fingerprint density at radius 2 is 1.81 bits per heavy atom. The summed E-state index contributed by atoms with van der Waals surface area (Å²) in [5.41, 5.74) is 1.35. The smallest absolute Gasteiger partial charge is 0.339 e. The van der Waals surface area contributed by atoms with Gasteiger partial charge in [0.25, 0.3) is 5.91 Å². The Morgan fingerprint density at radius 3 is 2.52 bits per heavy atom. The van der Waals surface area contributed by atoms with Crippen LogP contribution in [-0.4, -0.2) is 36.2 Å². The normalized spacial score (nSPS) is 18.6. The highest BCUT2D eigenvalue weighted by Crippen LogP contribution is 2.45. The maximum absolute atomic E-state index is 13.1. The number of hydrogen-bond donors (Lipinski definition) is 1. The first-order chi connectivity index (χ1) is 12.9. The van der Waals surface area contributed by atoms with Gasteiger partial charge in [-0.1, -0.05) is 36.0 Å². The number of hydrogen-bond acceptors (Lipinski definition) is 5. The van der Waals surface area contributed by atoms with Crippen LogP contribution >= 0.6 is 11.8 Å². The summed E-state index contributed by atoms with van der Waals surface area (Å²) in [6, 6.07) is 14.1. The third-order valence-corrected chi connectivity index (χ3v) is 5.79. The molecule has 1 unspecified atom stereocenters. The first-order valence-corrected chi connectivity index (χ1v) is 9.32. The second kappa shape index (κ2) is 7.44. The van der Waals surface area contributed by atoms with Crippen LogP contribution in [0.4, 0.5) is 11.4 Å². The second-order valence-corrected chi connectivity index (χ2v) is 7.60. The highest BCUT2D eigenvalue weighted by Gasteiger charge is 2.49. The molecular formula is C20H20N2O4S. The van der Waals surface area contributed by atoms with Crippen molar-refractivity contribution in [3.8, 4) is 0 Å². The van der Waals surface area contributed by atoms with Gasteiger partial charge in [0.1, 0.15) is 0 Å². The molecular weight excluding hydrogens is 364 g/mol. The number of benzene rings is 2. The van der Waals surface area contributed by atoms with E-state index in [9.17, 15) is 14.4 Å². The highest BCUT2D eigenvalue weighted by atomic mass is 32.2. The molecule has 0 saturated carbocycles. The number of anilines is 2. The number of carbonyl (C=O) groups is 3. The summed E-state index contributed by atoms with van der Waals surface area (Å²) in [6.07, 6.45) is 0. The molecule has 7 heteroatoms. The minimum absolute atomic E-state index is 0.234. The molecule has 140 valence electrons. The molecule has 1 N–H and O–H groups in total. The molecule has 3 rings (SSSR count). The van der Waals surface area contributed by atoms with Crippen molar-refractivity contribution in [1.82, 2.24) is 0 Å². The number of para-hydroxylation sites is 2. The number of nitrogens with one attached hydrogen (secondary N) is 1. The molecule has 0 fully saturated rings. The van der Waals surface area contributed by atoms with E-state index < -0.39 is 16.6 Å². The summed E-state index contributed by atoms with van der Waals surface area (Å²) >= 11 is 1.21. The van der Waals surface area contributed by atoms with E-state index in [0.717, 1.165) is 10.6 Å². The summed E-state index contributed by atoms with van der Waals surface area (Å²) in [4.78, 5) is 40.6. The first kappa shape index (κ1) is 19.0. The monoisotopic (exact) mass is 384 g/mol. The minimum Gasteiger partial charge on any atom is -0.465 e. The van der Waals surface area contributed by atoms with Gasteiger partial charge in [-0.15, -0.1) is 0 Å². The molecule has 0 radical (unpaired) electrons. The molecule has 1 heterocycles. The predicted octanol–water partition coefficient (Wildman–Crippen LogP) is 3.33. The number of rotatable bonds is 4. The fourth-order valence-corrected chi connectivity index (χ4v) is 4.19. The van der Waals surface area contributed by atoms with E-state index in [1.807, 2.05) is 31.2 Å². The van der Waals surface area contributed by atoms with Gasteiger partial charge < -0.3 is 15.0 Å². The quantitative estimate of drug-likeness (QED) is 0.646. The van der Waals surface area contributed by atoms with E-state index in [4.69, 9.17) is 4.74 Å². The van der Waals surface area contributed by atoms with Gasteiger partial charge in [0.15, 0.2) is 4.75 Å². The molecule has 1 atom stereocenters. The van der Waals surface area contributed by atoms with Gasteiger partial charge in [0.05, 0.1) is 24.0 Å². The molecule has 27 heavy (non-hydrogen) atoms. The van der Waals surface area contributed by atoms with Crippen LogP contribution in [0.5, 0.6) is 0 Å². The average Bonchev–Trinajstić information content (AvgIpc) is 2.68. The Labute approximate surface area is 161 Å². The number of thioether (sulfide) groups is 1. The van der Waals surface area contributed by atoms with Crippen LogP contribution < -0.4 is 10.2 Å². The lowest BCUT2D eigenvalue weighted by atomic mass is 10.1. The molecule has 2 aromatic rings. The van der Waals surface area contributed by atoms with E-state index in [-0.39, 0.29) is 11.5 Å². The van der Waals surface area contributed by atoms with E-state index >= 15 is 0 Å². The lowest BCUT2D eigenvalue weighted by molar-refractivity contribution is -0.128. The zero-order valence-corrected chi connectivity index (χ0v) is 16.1. The zero-order valence-electron chi connectivity index (χ0n) is 15.3. The number of carbonyl (C=O) groups excluding carboxylic acids is 3. The summed E-state index contributed by atoms with van der Waals surface area (Å²) in [6.45, 7) is 3.93. The van der Waals surface area contributed by atoms with Crippen LogP contribution in [0.2, 0.25) is 0 Å². The highest BCUT2D eigenvalue weighted by molar-refractivity contribution is 8.02. The van der Waals surface area contributed by atoms with Crippen LogP contribution in [0.25, 0.3) is 0 Å². The number of esters is 1. The predicted molar refractivity (Wildman–Crippen MR) is 105 cm³/mol. The Hall–Kier alpha value is -2.80. The largest absolute Gasteiger partial charge is 0.465 e. The van der Waals surface area contributed by atoms with E-state index in [0.29, 0.717) is 12.2 Å². The lowest BCUT2D eigenvalue weighted by Gasteiger charge is -2.38. The average molecular weight is 384 g/mol. The fourth-order valence-electron chi connectivity index (χ4n) is 2.98. The SMILES string of the molecule is CCN1C(=O)C(C)(C(=O)Nc2ccccc2C(=O)OC)Sc2ccccc21. The van der Waals surface area contributed by atoms with Crippen LogP contribution in [-0.2, 0) is 14.3 Å². The van der Waals surface area contributed by atoms with Crippen molar-refractivity contribution in [2.75, 3.05) is 23.9 Å². The van der Waals surface area contributed by atoms with Crippen LogP contribution in [0.1, 0.15) is 24.2 Å².